The van der Waals surface area contributed by atoms with Crippen LogP contribution in [-0.2, 0) is 0 Å². The number of nitrogens with one attached hydrogen (secondary N) is 1. The average Bonchev–Trinajstić information content (AvgIpc) is 3.78. The Bertz CT molecular complexity index is 3110. The molecule has 0 radical (unpaired) electrons. The van der Waals surface area contributed by atoms with E-state index in [0.717, 1.165) is 88.8 Å². The van der Waals surface area contributed by atoms with Crippen LogP contribution in [-0.4, -0.2) is 11.7 Å². The van der Waals surface area contributed by atoms with E-state index in [1.54, 1.807) is 0 Å². The fraction of sp³-hybridized carbons (Fsp3) is 0.0213. The largest absolute Gasteiger partial charge is 0.456 e. The fourth-order valence-electron chi connectivity index (χ4n) is 7.79. The Morgan fingerprint density at radius 2 is 1.02 bits per heavy atom. The molecule has 1 aliphatic heterocycles. The third-order valence-corrected chi connectivity index (χ3v) is 10.3. The zero-order valence-electron chi connectivity index (χ0n) is 27.9. The predicted molar refractivity (Wildman–Crippen MR) is 213 cm³/mol. The van der Waals surface area contributed by atoms with Gasteiger partial charge in [-0.2, -0.15) is 0 Å². The predicted octanol–water partition coefficient (Wildman–Crippen LogP) is 12.0. The number of amidine groups is 2. The molecule has 0 aliphatic carbocycles. The molecule has 5 heteroatoms. The highest BCUT2D eigenvalue weighted by atomic mass is 16.3. The summed E-state index contributed by atoms with van der Waals surface area (Å²) < 4.78 is 12.7. The topological polar surface area (TPSA) is 63.0 Å². The van der Waals surface area contributed by atoms with Crippen molar-refractivity contribution in [1.29, 1.82) is 0 Å². The van der Waals surface area contributed by atoms with Crippen molar-refractivity contribution in [1.82, 2.24) is 5.32 Å². The molecule has 5 nitrogen and oxygen atoms in total. The smallest absolute Gasteiger partial charge is 0.170 e. The van der Waals surface area contributed by atoms with E-state index in [0.29, 0.717) is 0 Å². The Morgan fingerprint density at radius 3 is 1.94 bits per heavy atom. The van der Waals surface area contributed by atoms with Crippen LogP contribution < -0.4 is 5.32 Å². The summed E-state index contributed by atoms with van der Waals surface area (Å²) in [5, 5.41) is 12.7. The van der Waals surface area contributed by atoms with E-state index in [-0.39, 0.29) is 0 Å². The van der Waals surface area contributed by atoms with Gasteiger partial charge >= 0.3 is 0 Å². The Hall–Kier alpha value is -6.98. The molecule has 0 spiro atoms. The molecule has 1 atom stereocenters. The lowest BCUT2D eigenvalue weighted by Crippen LogP contribution is -2.36. The van der Waals surface area contributed by atoms with Gasteiger partial charge in [0.2, 0.25) is 0 Å². The second-order valence-electron chi connectivity index (χ2n) is 13.4. The van der Waals surface area contributed by atoms with E-state index in [9.17, 15) is 0 Å². The van der Waals surface area contributed by atoms with Crippen LogP contribution in [0.15, 0.2) is 183 Å². The maximum atomic E-state index is 6.46. The Morgan fingerprint density at radius 1 is 0.385 bits per heavy atom. The molecule has 3 heterocycles. The third-order valence-electron chi connectivity index (χ3n) is 10.3. The van der Waals surface area contributed by atoms with Crippen LogP contribution >= 0.6 is 0 Å². The van der Waals surface area contributed by atoms with Gasteiger partial charge in [-0.25, -0.2) is 9.98 Å². The number of nitrogens with zero attached hydrogens (tertiary/aromatic N) is 2. The summed E-state index contributed by atoms with van der Waals surface area (Å²) in [5.74, 6) is 1.55. The summed E-state index contributed by atoms with van der Waals surface area (Å²) >= 11 is 0. The normalized spacial score (nSPS) is 14.7. The molecule has 0 saturated heterocycles. The van der Waals surface area contributed by atoms with Crippen molar-refractivity contribution in [2.24, 2.45) is 9.98 Å². The average molecular weight is 668 g/mol. The molecule has 1 unspecified atom stereocenters. The van der Waals surface area contributed by atoms with Gasteiger partial charge in [0.25, 0.3) is 0 Å². The molecule has 1 N–H and O–H groups in total. The Labute approximate surface area is 298 Å². The molecule has 8 aromatic carbocycles. The van der Waals surface area contributed by atoms with E-state index >= 15 is 0 Å². The van der Waals surface area contributed by atoms with E-state index in [1.165, 1.54) is 16.2 Å². The molecule has 0 bridgehead atoms. The molecule has 244 valence electrons. The van der Waals surface area contributed by atoms with E-state index in [2.05, 4.69) is 121 Å². The summed E-state index contributed by atoms with van der Waals surface area (Å²) in [4.78, 5) is 10.5. The first-order valence-corrected chi connectivity index (χ1v) is 17.5. The second-order valence-corrected chi connectivity index (χ2v) is 13.4. The van der Waals surface area contributed by atoms with Gasteiger partial charge in [0.05, 0.1) is 0 Å². The van der Waals surface area contributed by atoms with Gasteiger partial charge in [0, 0.05) is 38.2 Å². The van der Waals surface area contributed by atoms with E-state index in [4.69, 9.17) is 18.8 Å². The van der Waals surface area contributed by atoms with Gasteiger partial charge in [-0.05, 0) is 75.1 Å². The highest BCUT2D eigenvalue weighted by Crippen LogP contribution is 2.40. The summed E-state index contributed by atoms with van der Waals surface area (Å²) in [7, 11) is 0. The quantitative estimate of drug-likeness (QED) is 0.190. The first-order chi connectivity index (χ1) is 25.7. The van der Waals surface area contributed by atoms with Gasteiger partial charge < -0.3 is 14.2 Å². The monoisotopic (exact) mass is 667 g/mol. The van der Waals surface area contributed by atoms with Crippen molar-refractivity contribution in [2.75, 3.05) is 0 Å². The first-order valence-electron chi connectivity index (χ1n) is 17.5. The van der Waals surface area contributed by atoms with Crippen LogP contribution in [0.25, 0.3) is 76.5 Å². The zero-order chi connectivity index (χ0) is 34.2. The summed E-state index contributed by atoms with van der Waals surface area (Å²) in [6, 6.07) is 56.9. The van der Waals surface area contributed by atoms with Crippen LogP contribution in [0.5, 0.6) is 0 Å². The molecule has 11 rings (SSSR count). The lowest BCUT2D eigenvalue weighted by atomic mass is 9.98. The molecule has 1 aliphatic rings. The SMILES string of the molecule is c1ccc(C2=NC(c3cccc4oc5ccc(-c6ccc7c(c6)oc6ccccc67)cc5c34)N=C(c3ccc4c(ccc5ccccc54)c3)N2)cc1. The lowest BCUT2D eigenvalue weighted by molar-refractivity contribution is 0.667. The number of benzene rings is 8. The molecular weight excluding hydrogens is 639 g/mol. The molecule has 2 aromatic heterocycles. The van der Waals surface area contributed by atoms with Crippen molar-refractivity contribution in [3.63, 3.8) is 0 Å². The van der Waals surface area contributed by atoms with Gasteiger partial charge in [-0.1, -0.05) is 121 Å². The number of furan rings is 2. The maximum Gasteiger partial charge on any atom is 0.170 e. The van der Waals surface area contributed by atoms with Crippen molar-refractivity contribution < 1.29 is 8.83 Å². The Kier molecular flexibility index (Phi) is 6.25. The van der Waals surface area contributed by atoms with Gasteiger partial charge in [-0.15, -0.1) is 0 Å². The third kappa shape index (κ3) is 4.56. The van der Waals surface area contributed by atoms with Gasteiger partial charge in [0.15, 0.2) is 6.17 Å². The number of aliphatic imine (C=N–C) groups is 2. The zero-order valence-corrected chi connectivity index (χ0v) is 27.9. The highest BCUT2D eigenvalue weighted by molar-refractivity contribution is 6.18. The standard InChI is InChI=1S/C47H29N3O2/c1-2-10-29(11-3-1)45-48-46(33-20-22-35-32(25-33)18-17-28-9-4-5-12-34(28)35)50-47(49-45)38-14-8-16-42-44(38)39-26-30(21-24-41(39)51-42)31-19-23-37-36-13-6-7-15-40(36)52-43(37)27-31/h1-27,47H,(H,48,49,50). The fourth-order valence-corrected chi connectivity index (χ4v) is 7.79. The molecule has 0 saturated carbocycles. The van der Waals surface area contributed by atoms with Gasteiger partial charge in [-0.3, -0.25) is 0 Å². The number of hydrogen-bond donors (Lipinski definition) is 1. The van der Waals surface area contributed by atoms with Crippen LogP contribution in [0.1, 0.15) is 22.9 Å². The summed E-state index contributed by atoms with van der Waals surface area (Å²) in [5.41, 5.74) is 8.55. The number of para-hydroxylation sites is 1. The highest BCUT2D eigenvalue weighted by Gasteiger charge is 2.24. The Balaban J connectivity index is 1.07. The van der Waals surface area contributed by atoms with Crippen LogP contribution in [0.2, 0.25) is 0 Å². The summed E-state index contributed by atoms with van der Waals surface area (Å²) in [6.07, 6.45) is -0.501. The molecule has 0 amide bonds. The van der Waals surface area contributed by atoms with Crippen molar-refractivity contribution in [3.05, 3.63) is 180 Å². The van der Waals surface area contributed by atoms with Crippen molar-refractivity contribution in [3.8, 4) is 11.1 Å². The van der Waals surface area contributed by atoms with E-state index in [1.807, 2.05) is 48.5 Å². The number of fused-ring (bicyclic) bond motifs is 9. The molecular formula is C47H29N3O2. The van der Waals surface area contributed by atoms with Gasteiger partial charge in [0.1, 0.15) is 34.0 Å². The maximum absolute atomic E-state index is 6.46. The van der Waals surface area contributed by atoms with Crippen LogP contribution in [0.3, 0.4) is 0 Å². The minimum Gasteiger partial charge on any atom is -0.456 e. The van der Waals surface area contributed by atoms with Crippen molar-refractivity contribution in [2.45, 2.75) is 6.17 Å². The summed E-state index contributed by atoms with van der Waals surface area (Å²) in [6.45, 7) is 0. The van der Waals surface area contributed by atoms with Crippen molar-refractivity contribution >= 4 is 77.1 Å². The van der Waals surface area contributed by atoms with Crippen LogP contribution in [0.4, 0.5) is 0 Å². The number of rotatable bonds is 4. The van der Waals surface area contributed by atoms with E-state index < -0.39 is 6.17 Å². The minimum absolute atomic E-state index is 0.501. The first kappa shape index (κ1) is 28.8. The van der Waals surface area contributed by atoms with Crippen LogP contribution in [0, 0.1) is 0 Å². The lowest BCUT2D eigenvalue weighted by Gasteiger charge is -2.23. The second kappa shape index (κ2) is 11.3. The molecule has 52 heavy (non-hydrogen) atoms. The molecule has 0 fully saturated rings. The minimum atomic E-state index is -0.501. The molecule has 10 aromatic rings. The number of hydrogen-bond acceptors (Lipinski definition) is 5.